The predicted octanol–water partition coefficient (Wildman–Crippen LogP) is 4.13. The zero-order chi connectivity index (χ0) is 18.7. The Balaban J connectivity index is 1.41. The van der Waals surface area contributed by atoms with E-state index in [9.17, 15) is 4.79 Å². The molecule has 5 nitrogen and oxygen atoms in total. The largest absolute Gasteiger partial charge is 0.369 e. The van der Waals surface area contributed by atoms with Crippen LogP contribution in [0, 0.1) is 0 Å². The minimum Gasteiger partial charge on any atom is -0.369 e. The molecule has 138 valence electrons. The van der Waals surface area contributed by atoms with Crippen LogP contribution >= 0.6 is 11.8 Å². The number of hydrogen-bond donors (Lipinski definition) is 2. The van der Waals surface area contributed by atoms with Crippen molar-refractivity contribution in [2.24, 2.45) is 0 Å². The number of aromatic amines is 1. The van der Waals surface area contributed by atoms with Crippen molar-refractivity contribution in [1.82, 2.24) is 15.0 Å². The first-order valence-electron chi connectivity index (χ1n) is 9.20. The Morgan fingerprint density at radius 3 is 2.67 bits per heavy atom. The topological polar surface area (TPSA) is 70.7 Å². The van der Waals surface area contributed by atoms with Crippen molar-refractivity contribution in [3.8, 4) is 11.4 Å². The van der Waals surface area contributed by atoms with Gasteiger partial charge in [0.05, 0.1) is 0 Å². The van der Waals surface area contributed by atoms with E-state index >= 15 is 0 Å². The SMILES string of the molecule is CCc1cc(=O)[nH]c(-c2ccc(NCC3(Sc4ccccc4)CC3)nc2)n1. The van der Waals surface area contributed by atoms with Gasteiger partial charge in [0.2, 0.25) is 0 Å². The number of hydrogen-bond acceptors (Lipinski definition) is 5. The van der Waals surface area contributed by atoms with E-state index in [2.05, 4.69) is 44.5 Å². The van der Waals surface area contributed by atoms with Crippen LogP contribution in [0.25, 0.3) is 11.4 Å². The van der Waals surface area contributed by atoms with Gasteiger partial charge in [0, 0.05) is 39.7 Å². The van der Waals surface area contributed by atoms with E-state index in [1.54, 1.807) is 6.20 Å². The van der Waals surface area contributed by atoms with Crippen LogP contribution in [-0.4, -0.2) is 26.2 Å². The molecule has 0 spiro atoms. The van der Waals surface area contributed by atoms with E-state index in [1.165, 1.54) is 23.8 Å². The lowest BCUT2D eigenvalue weighted by Gasteiger charge is -2.16. The summed E-state index contributed by atoms with van der Waals surface area (Å²) in [4.78, 5) is 24.8. The average Bonchev–Trinajstić information content (AvgIpc) is 3.46. The number of aromatic nitrogens is 3. The minimum absolute atomic E-state index is 0.132. The molecular formula is C21H22N4OS. The number of H-pyrrole nitrogens is 1. The van der Waals surface area contributed by atoms with Crippen molar-refractivity contribution in [3.63, 3.8) is 0 Å². The van der Waals surface area contributed by atoms with Crippen molar-refractivity contribution >= 4 is 17.6 Å². The maximum Gasteiger partial charge on any atom is 0.251 e. The summed E-state index contributed by atoms with van der Waals surface area (Å²) in [6.45, 7) is 2.87. The zero-order valence-corrected chi connectivity index (χ0v) is 16.1. The van der Waals surface area contributed by atoms with Crippen molar-refractivity contribution in [2.75, 3.05) is 11.9 Å². The van der Waals surface area contributed by atoms with E-state index < -0.39 is 0 Å². The molecule has 1 fully saturated rings. The molecule has 1 aliphatic carbocycles. The van der Waals surface area contributed by atoms with Gasteiger partial charge in [0.15, 0.2) is 0 Å². The molecule has 2 aromatic heterocycles. The highest BCUT2D eigenvalue weighted by Crippen LogP contribution is 2.51. The zero-order valence-electron chi connectivity index (χ0n) is 15.2. The number of nitrogens with one attached hydrogen (secondary N) is 2. The smallest absolute Gasteiger partial charge is 0.251 e. The number of anilines is 1. The molecule has 2 heterocycles. The lowest BCUT2D eigenvalue weighted by molar-refractivity contribution is 0.936. The molecule has 6 heteroatoms. The molecule has 4 rings (SSSR count). The third-order valence-electron chi connectivity index (χ3n) is 4.67. The number of thioether (sulfide) groups is 1. The summed E-state index contributed by atoms with van der Waals surface area (Å²) < 4.78 is 0.268. The highest BCUT2D eigenvalue weighted by Gasteiger charge is 2.43. The minimum atomic E-state index is -0.132. The second-order valence-electron chi connectivity index (χ2n) is 6.82. The third kappa shape index (κ3) is 4.39. The standard InChI is InChI=1S/C21H22N4OS/c1-2-16-12-19(26)25-20(24-16)15-8-9-18(22-13-15)23-14-21(10-11-21)27-17-6-4-3-5-7-17/h3-9,12-13H,2,10-11,14H2,1H3,(H,22,23)(H,24,25,26). The Hall–Kier alpha value is -2.60. The molecular weight excluding hydrogens is 356 g/mol. The van der Waals surface area contributed by atoms with Crippen molar-refractivity contribution in [1.29, 1.82) is 0 Å². The molecule has 3 aromatic rings. The first-order chi connectivity index (χ1) is 13.2. The highest BCUT2D eigenvalue weighted by molar-refractivity contribution is 8.01. The Labute approximate surface area is 162 Å². The van der Waals surface area contributed by atoms with Gasteiger partial charge in [-0.15, -0.1) is 11.8 Å². The average molecular weight is 379 g/mol. The first-order valence-corrected chi connectivity index (χ1v) is 10.0. The quantitative estimate of drug-likeness (QED) is 0.647. The van der Waals surface area contributed by atoms with E-state index in [-0.39, 0.29) is 10.3 Å². The Morgan fingerprint density at radius 1 is 1.19 bits per heavy atom. The molecule has 0 atom stereocenters. The monoisotopic (exact) mass is 378 g/mol. The fourth-order valence-corrected chi connectivity index (χ4v) is 4.15. The summed E-state index contributed by atoms with van der Waals surface area (Å²) in [7, 11) is 0. The maximum atomic E-state index is 11.7. The first kappa shape index (κ1) is 17.8. The molecule has 1 aromatic carbocycles. The van der Waals surface area contributed by atoms with E-state index in [0.717, 1.165) is 30.0 Å². The highest BCUT2D eigenvalue weighted by atomic mass is 32.2. The summed E-state index contributed by atoms with van der Waals surface area (Å²) in [5, 5.41) is 3.46. The summed E-state index contributed by atoms with van der Waals surface area (Å²) in [6.07, 6.45) is 4.91. The number of nitrogens with zero attached hydrogens (tertiary/aromatic N) is 2. The van der Waals surface area contributed by atoms with Gasteiger partial charge in [0.1, 0.15) is 11.6 Å². The molecule has 0 amide bonds. The third-order valence-corrected chi connectivity index (χ3v) is 6.16. The molecule has 0 radical (unpaired) electrons. The summed E-state index contributed by atoms with van der Waals surface area (Å²) in [6, 6.07) is 16.0. The molecule has 0 saturated heterocycles. The van der Waals surface area contributed by atoms with Gasteiger partial charge in [0.25, 0.3) is 5.56 Å². The van der Waals surface area contributed by atoms with Crippen LogP contribution in [0.4, 0.5) is 5.82 Å². The van der Waals surface area contributed by atoms with Crippen LogP contribution in [0.5, 0.6) is 0 Å². The number of rotatable bonds is 7. The van der Waals surface area contributed by atoms with Gasteiger partial charge < -0.3 is 10.3 Å². The second kappa shape index (κ2) is 7.56. The van der Waals surface area contributed by atoms with Crippen molar-refractivity contribution in [2.45, 2.75) is 35.8 Å². The number of benzene rings is 1. The van der Waals surface area contributed by atoms with Gasteiger partial charge in [-0.3, -0.25) is 4.79 Å². The van der Waals surface area contributed by atoms with Crippen LogP contribution in [0.15, 0.2) is 64.4 Å². The number of pyridine rings is 1. The van der Waals surface area contributed by atoms with Gasteiger partial charge in [-0.25, -0.2) is 9.97 Å². The fraction of sp³-hybridized carbons (Fsp3) is 0.286. The number of aryl methyl sites for hydroxylation is 1. The molecule has 0 aliphatic heterocycles. The van der Waals surface area contributed by atoms with Crippen LogP contribution < -0.4 is 10.9 Å². The van der Waals surface area contributed by atoms with Gasteiger partial charge in [-0.05, 0) is 43.5 Å². The van der Waals surface area contributed by atoms with Crippen LogP contribution in [0.3, 0.4) is 0 Å². The van der Waals surface area contributed by atoms with Crippen LogP contribution in [0.1, 0.15) is 25.5 Å². The molecule has 2 N–H and O–H groups in total. The van der Waals surface area contributed by atoms with E-state index in [0.29, 0.717) is 5.82 Å². The van der Waals surface area contributed by atoms with Gasteiger partial charge >= 0.3 is 0 Å². The summed E-state index contributed by atoms with van der Waals surface area (Å²) in [5.41, 5.74) is 1.46. The maximum absolute atomic E-state index is 11.7. The molecule has 0 bridgehead atoms. The van der Waals surface area contributed by atoms with E-state index in [4.69, 9.17) is 0 Å². The van der Waals surface area contributed by atoms with Crippen molar-refractivity contribution in [3.05, 3.63) is 70.8 Å². The summed E-state index contributed by atoms with van der Waals surface area (Å²) >= 11 is 1.94. The molecule has 1 saturated carbocycles. The van der Waals surface area contributed by atoms with Crippen molar-refractivity contribution < 1.29 is 0 Å². The Bertz CT molecular complexity index is 965. The van der Waals surface area contributed by atoms with E-state index in [1.807, 2.05) is 36.9 Å². The van der Waals surface area contributed by atoms with Gasteiger partial charge in [-0.1, -0.05) is 25.1 Å². The lowest BCUT2D eigenvalue weighted by atomic mass is 10.2. The molecule has 1 aliphatic rings. The van der Waals surface area contributed by atoms with Crippen LogP contribution in [0.2, 0.25) is 0 Å². The Morgan fingerprint density at radius 2 is 2.00 bits per heavy atom. The Kier molecular flexibility index (Phi) is 4.99. The lowest BCUT2D eigenvalue weighted by Crippen LogP contribution is -2.18. The van der Waals surface area contributed by atoms with Gasteiger partial charge in [-0.2, -0.15) is 0 Å². The second-order valence-corrected chi connectivity index (χ2v) is 8.36. The normalized spacial score (nSPS) is 14.7. The predicted molar refractivity (Wildman–Crippen MR) is 110 cm³/mol. The summed E-state index contributed by atoms with van der Waals surface area (Å²) in [5.74, 6) is 1.41. The molecule has 27 heavy (non-hydrogen) atoms. The molecule has 0 unspecified atom stereocenters. The van der Waals surface area contributed by atoms with Crippen LogP contribution in [-0.2, 0) is 6.42 Å². The fourth-order valence-electron chi connectivity index (χ4n) is 2.91.